The molecule has 1 rings (SSSR count). The molecule has 0 aromatic heterocycles. The van der Waals surface area contributed by atoms with Gasteiger partial charge in [0.15, 0.2) is 0 Å². The minimum atomic E-state index is 0.933. The third-order valence-corrected chi connectivity index (χ3v) is 2.15. The SMILES string of the molecule is CCc1cc(OC)ccc1N(C)C. The van der Waals surface area contributed by atoms with Gasteiger partial charge >= 0.3 is 0 Å². The molecule has 0 aliphatic carbocycles. The lowest BCUT2D eigenvalue weighted by Gasteiger charge is -2.17. The number of nitrogens with zero attached hydrogens (tertiary/aromatic N) is 1. The molecule has 13 heavy (non-hydrogen) atoms. The van der Waals surface area contributed by atoms with Gasteiger partial charge in [0.1, 0.15) is 5.75 Å². The first-order chi connectivity index (χ1) is 6.19. The maximum absolute atomic E-state index is 5.17. The summed E-state index contributed by atoms with van der Waals surface area (Å²) < 4.78 is 5.17. The molecule has 0 heterocycles. The molecule has 72 valence electrons. The normalized spacial score (nSPS) is 9.85. The standard InChI is InChI=1S/C11H17NO/c1-5-9-8-10(13-4)6-7-11(9)12(2)3/h6-8H,5H2,1-4H3. The average molecular weight is 179 g/mol. The molecular weight excluding hydrogens is 162 g/mol. The fraction of sp³-hybridized carbons (Fsp3) is 0.455. The molecule has 0 N–H and O–H groups in total. The van der Waals surface area contributed by atoms with E-state index in [-0.39, 0.29) is 0 Å². The number of benzene rings is 1. The van der Waals surface area contributed by atoms with Gasteiger partial charge in [-0.15, -0.1) is 0 Å². The lowest BCUT2D eigenvalue weighted by atomic mass is 10.1. The maximum atomic E-state index is 5.17. The number of hydrogen-bond donors (Lipinski definition) is 0. The van der Waals surface area contributed by atoms with Gasteiger partial charge in [-0.25, -0.2) is 0 Å². The highest BCUT2D eigenvalue weighted by Crippen LogP contribution is 2.24. The number of rotatable bonds is 3. The minimum absolute atomic E-state index is 0.933. The predicted octanol–water partition coefficient (Wildman–Crippen LogP) is 2.32. The molecule has 0 saturated heterocycles. The van der Waals surface area contributed by atoms with Crippen LogP contribution in [0.15, 0.2) is 18.2 Å². The van der Waals surface area contributed by atoms with Crippen LogP contribution in [0.2, 0.25) is 0 Å². The Morgan fingerprint density at radius 1 is 1.31 bits per heavy atom. The van der Waals surface area contributed by atoms with Gasteiger partial charge in [-0.3, -0.25) is 0 Å². The van der Waals surface area contributed by atoms with Gasteiger partial charge in [0, 0.05) is 19.8 Å². The van der Waals surface area contributed by atoms with Crippen LogP contribution >= 0.6 is 0 Å². The summed E-state index contributed by atoms with van der Waals surface area (Å²) in [4.78, 5) is 2.12. The molecule has 0 radical (unpaired) electrons. The summed E-state index contributed by atoms with van der Waals surface area (Å²) in [5.74, 6) is 0.933. The number of anilines is 1. The third-order valence-electron chi connectivity index (χ3n) is 2.15. The number of hydrogen-bond acceptors (Lipinski definition) is 2. The van der Waals surface area contributed by atoms with Crippen molar-refractivity contribution in [3.8, 4) is 5.75 Å². The van der Waals surface area contributed by atoms with Gasteiger partial charge in [0.05, 0.1) is 7.11 Å². The van der Waals surface area contributed by atoms with Crippen LogP contribution in [0.3, 0.4) is 0 Å². The molecule has 2 heteroatoms. The van der Waals surface area contributed by atoms with E-state index in [1.165, 1.54) is 11.3 Å². The molecule has 0 spiro atoms. The molecule has 0 aliphatic heterocycles. The fourth-order valence-electron chi connectivity index (χ4n) is 1.41. The predicted molar refractivity (Wildman–Crippen MR) is 56.7 cm³/mol. The van der Waals surface area contributed by atoms with E-state index in [1.807, 2.05) is 6.07 Å². The summed E-state index contributed by atoms with van der Waals surface area (Å²) in [7, 11) is 5.81. The van der Waals surface area contributed by atoms with E-state index in [4.69, 9.17) is 4.74 Å². The van der Waals surface area contributed by atoms with Crippen LogP contribution in [0.5, 0.6) is 5.75 Å². The summed E-state index contributed by atoms with van der Waals surface area (Å²) in [6.45, 7) is 2.15. The summed E-state index contributed by atoms with van der Waals surface area (Å²) in [6.07, 6.45) is 1.03. The van der Waals surface area contributed by atoms with Crippen molar-refractivity contribution in [2.75, 3.05) is 26.1 Å². The van der Waals surface area contributed by atoms with Crippen molar-refractivity contribution in [2.24, 2.45) is 0 Å². The second kappa shape index (κ2) is 4.17. The second-order valence-corrected chi connectivity index (χ2v) is 3.24. The smallest absolute Gasteiger partial charge is 0.119 e. The second-order valence-electron chi connectivity index (χ2n) is 3.24. The van der Waals surface area contributed by atoms with Gasteiger partial charge in [-0.2, -0.15) is 0 Å². The lowest BCUT2D eigenvalue weighted by molar-refractivity contribution is 0.414. The first kappa shape index (κ1) is 9.90. The summed E-state index contributed by atoms with van der Waals surface area (Å²) in [6, 6.07) is 6.18. The van der Waals surface area contributed by atoms with Crippen LogP contribution in [0.4, 0.5) is 5.69 Å². The molecule has 0 aliphatic rings. The zero-order valence-corrected chi connectivity index (χ0v) is 8.79. The van der Waals surface area contributed by atoms with Crippen LogP contribution in [0, 0.1) is 0 Å². The monoisotopic (exact) mass is 179 g/mol. The molecule has 0 atom stereocenters. The van der Waals surface area contributed by atoms with Gasteiger partial charge in [-0.1, -0.05) is 6.92 Å². The van der Waals surface area contributed by atoms with Crippen molar-refractivity contribution in [3.63, 3.8) is 0 Å². The van der Waals surface area contributed by atoms with Crippen molar-refractivity contribution < 1.29 is 4.74 Å². The van der Waals surface area contributed by atoms with Crippen LogP contribution in [0.1, 0.15) is 12.5 Å². The van der Waals surface area contributed by atoms with Crippen LogP contribution in [-0.2, 0) is 6.42 Å². The number of ether oxygens (including phenoxy) is 1. The Labute approximate surface area is 80.1 Å². The summed E-state index contributed by atoms with van der Waals surface area (Å²) in [5, 5.41) is 0. The van der Waals surface area contributed by atoms with Crippen molar-refractivity contribution in [1.82, 2.24) is 0 Å². The Morgan fingerprint density at radius 3 is 2.46 bits per heavy atom. The van der Waals surface area contributed by atoms with Crippen LogP contribution in [0.25, 0.3) is 0 Å². The number of methoxy groups -OCH3 is 1. The first-order valence-electron chi connectivity index (χ1n) is 4.53. The highest BCUT2D eigenvalue weighted by molar-refractivity contribution is 5.55. The third kappa shape index (κ3) is 2.14. The Kier molecular flexibility index (Phi) is 3.18. The number of aryl methyl sites for hydroxylation is 1. The molecule has 1 aromatic carbocycles. The van der Waals surface area contributed by atoms with Gasteiger partial charge in [0.25, 0.3) is 0 Å². The van der Waals surface area contributed by atoms with E-state index < -0.39 is 0 Å². The molecule has 0 amide bonds. The molecule has 0 bridgehead atoms. The summed E-state index contributed by atoms with van der Waals surface area (Å²) in [5.41, 5.74) is 2.59. The molecular formula is C11H17NO. The van der Waals surface area contributed by atoms with E-state index in [1.54, 1.807) is 7.11 Å². The van der Waals surface area contributed by atoms with Crippen LogP contribution < -0.4 is 9.64 Å². The van der Waals surface area contributed by atoms with Crippen molar-refractivity contribution in [1.29, 1.82) is 0 Å². The minimum Gasteiger partial charge on any atom is -0.497 e. The van der Waals surface area contributed by atoms with Crippen molar-refractivity contribution in [2.45, 2.75) is 13.3 Å². The van der Waals surface area contributed by atoms with E-state index in [0.717, 1.165) is 12.2 Å². The molecule has 0 saturated carbocycles. The fourth-order valence-corrected chi connectivity index (χ4v) is 1.41. The van der Waals surface area contributed by atoms with Gasteiger partial charge in [0.2, 0.25) is 0 Å². The van der Waals surface area contributed by atoms with E-state index in [9.17, 15) is 0 Å². The van der Waals surface area contributed by atoms with Crippen molar-refractivity contribution in [3.05, 3.63) is 23.8 Å². The van der Waals surface area contributed by atoms with Gasteiger partial charge < -0.3 is 9.64 Å². The maximum Gasteiger partial charge on any atom is 0.119 e. The zero-order chi connectivity index (χ0) is 9.84. The first-order valence-corrected chi connectivity index (χ1v) is 4.53. The quantitative estimate of drug-likeness (QED) is 0.706. The largest absolute Gasteiger partial charge is 0.497 e. The van der Waals surface area contributed by atoms with E-state index in [0.29, 0.717) is 0 Å². The van der Waals surface area contributed by atoms with Gasteiger partial charge in [-0.05, 0) is 30.2 Å². The van der Waals surface area contributed by atoms with E-state index >= 15 is 0 Å². The molecule has 0 unspecified atom stereocenters. The van der Waals surface area contributed by atoms with Crippen LogP contribution in [-0.4, -0.2) is 21.2 Å². The Bertz CT molecular complexity index is 281. The molecule has 2 nitrogen and oxygen atoms in total. The lowest BCUT2D eigenvalue weighted by Crippen LogP contribution is -2.10. The molecule has 1 aromatic rings. The topological polar surface area (TPSA) is 12.5 Å². The molecule has 0 fully saturated rings. The highest BCUT2D eigenvalue weighted by atomic mass is 16.5. The summed E-state index contributed by atoms with van der Waals surface area (Å²) >= 11 is 0. The zero-order valence-electron chi connectivity index (χ0n) is 8.79. The highest BCUT2D eigenvalue weighted by Gasteiger charge is 2.03. The van der Waals surface area contributed by atoms with E-state index in [2.05, 4.69) is 38.1 Å². The Hall–Kier alpha value is -1.18. The average Bonchev–Trinajstić information content (AvgIpc) is 2.16. The van der Waals surface area contributed by atoms with Crippen molar-refractivity contribution >= 4 is 5.69 Å². The Morgan fingerprint density at radius 2 is 2.00 bits per heavy atom. The Balaban J connectivity index is 3.08.